The van der Waals surface area contributed by atoms with Crippen molar-refractivity contribution in [3.05, 3.63) is 84.0 Å². The second-order valence-electron chi connectivity index (χ2n) is 4.65. The van der Waals surface area contributed by atoms with Crippen LogP contribution < -0.4 is 5.43 Å². The number of benzene rings is 2. The van der Waals surface area contributed by atoms with E-state index in [2.05, 4.69) is 47.0 Å². The average Bonchev–Trinajstić information content (AvgIpc) is 3.03. The maximum atomic E-state index is 4.32. The molecule has 0 fully saturated rings. The van der Waals surface area contributed by atoms with Crippen LogP contribution >= 0.6 is 0 Å². The molecule has 2 heteroatoms. The van der Waals surface area contributed by atoms with Gasteiger partial charge in [0.2, 0.25) is 0 Å². The molecule has 1 N–H and O–H groups in total. The van der Waals surface area contributed by atoms with Crippen LogP contribution in [-0.2, 0) is 0 Å². The highest BCUT2D eigenvalue weighted by atomic mass is 15.3. The van der Waals surface area contributed by atoms with Gasteiger partial charge in [-0.25, -0.2) is 0 Å². The third kappa shape index (κ3) is 2.86. The second kappa shape index (κ2) is 6.02. The van der Waals surface area contributed by atoms with E-state index in [0.717, 1.165) is 17.7 Å². The zero-order valence-corrected chi connectivity index (χ0v) is 11.2. The van der Waals surface area contributed by atoms with Crippen LogP contribution in [-0.4, -0.2) is 6.21 Å². The summed E-state index contributed by atoms with van der Waals surface area (Å²) >= 11 is 0. The maximum absolute atomic E-state index is 4.32. The Morgan fingerprint density at radius 3 is 2.55 bits per heavy atom. The van der Waals surface area contributed by atoms with Gasteiger partial charge in [-0.15, -0.1) is 0 Å². The van der Waals surface area contributed by atoms with E-state index in [9.17, 15) is 0 Å². The van der Waals surface area contributed by atoms with Crippen molar-refractivity contribution in [1.82, 2.24) is 0 Å². The van der Waals surface area contributed by atoms with Crippen molar-refractivity contribution < 1.29 is 0 Å². The fourth-order valence-electron chi connectivity index (χ4n) is 2.24. The molecule has 0 heterocycles. The van der Waals surface area contributed by atoms with Gasteiger partial charge in [-0.1, -0.05) is 60.7 Å². The van der Waals surface area contributed by atoms with E-state index >= 15 is 0 Å². The molecule has 0 bridgehead atoms. The van der Waals surface area contributed by atoms with Crippen LogP contribution in [0.4, 0.5) is 5.69 Å². The summed E-state index contributed by atoms with van der Waals surface area (Å²) in [5, 5.41) is 4.32. The molecular weight excluding hydrogens is 244 g/mol. The monoisotopic (exact) mass is 260 g/mol. The van der Waals surface area contributed by atoms with E-state index in [0.29, 0.717) is 0 Å². The lowest BCUT2D eigenvalue weighted by molar-refractivity contribution is 1.34. The van der Waals surface area contributed by atoms with Crippen LogP contribution in [0, 0.1) is 0 Å². The highest BCUT2D eigenvalue weighted by Crippen LogP contribution is 2.25. The van der Waals surface area contributed by atoms with E-state index in [-0.39, 0.29) is 0 Å². The molecule has 0 aromatic heterocycles. The Balaban J connectivity index is 1.77. The predicted octanol–water partition coefficient (Wildman–Crippen LogP) is 4.48. The molecule has 2 nitrogen and oxygen atoms in total. The molecule has 1 aliphatic carbocycles. The zero-order chi connectivity index (χ0) is 13.6. The van der Waals surface area contributed by atoms with Crippen molar-refractivity contribution in [1.29, 1.82) is 0 Å². The molecule has 20 heavy (non-hydrogen) atoms. The molecule has 0 atom stereocenters. The van der Waals surface area contributed by atoms with Crippen molar-refractivity contribution in [3.8, 4) is 0 Å². The third-order valence-electron chi connectivity index (χ3n) is 3.25. The summed E-state index contributed by atoms with van der Waals surface area (Å²) in [5.74, 6) is 0. The lowest BCUT2D eigenvalue weighted by atomic mass is 10.00. The van der Waals surface area contributed by atoms with E-state index in [4.69, 9.17) is 0 Å². The number of para-hydroxylation sites is 1. The Morgan fingerprint density at radius 1 is 0.950 bits per heavy atom. The number of hydrazone groups is 1. The lowest BCUT2D eigenvalue weighted by Crippen LogP contribution is -1.94. The van der Waals surface area contributed by atoms with Crippen molar-refractivity contribution in [2.45, 2.75) is 6.42 Å². The predicted molar refractivity (Wildman–Crippen MR) is 85.8 cm³/mol. The van der Waals surface area contributed by atoms with Gasteiger partial charge in [-0.2, -0.15) is 5.10 Å². The summed E-state index contributed by atoms with van der Waals surface area (Å²) in [6.45, 7) is 0. The first kappa shape index (κ1) is 12.4. The lowest BCUT2D eigenvalue weighted by Gasteiger charge is -2.06. The summed E-state index contributed by atoms with van der Waals surface area (Å²) in [6.07, 6.45) is 9.31. The standard InChI is InChI=1S/C18H16N2/c1-2-11-17(12-3-1)20-19-14-16-10-6-7-13-18(16)15-8-4-5-9-15/h1-8,10-14,20H,9H2. The summed E-state index contributed by atoms with van der Waals surface area (Å²) in [4.78, 5) is 0. The number of nitrogens with zero attached hydrogens (tertiary/aromatic N) is 1. The first-order valence-corrected chi connectivity index (χ1v) is 6.73. The molecule has 0 amide bonds. The normalized spacial score (nSPS) is 13.7. The molecule has 2 aromatic rings. The van der Waals surface area contributed by atoms with Gasteiger partial charge in [0.1, 0.15) is 0 Å². The van der Waals surface area contributed by atoms with Crippen LogP contribution in [0.25, 0.3) is 5.57 Å². The van der Waals surface area contributed by atoms with Crippen molar-refractivity contribution in [3.63, 3.8) is 0 Å². The van der Waals surface area contributed by atoms with Crippen LogP contribution in [0.1, 0.15) is 17.5 Å². The van der Waals surface area contributed by atoms with E-state index in [1.165, 1.54) is 11.1 Å². The molecule has 0 aliphatic heterocycles. The van der Waals surface area contributed by atoms with Gasteiger partial charge in [-0.3, -0.25) is 5.43 Å². The summed E-state index contributed by atoms with van der Waals surface area (Å²) in [6, 6.07) is 18.3. The Hall–Kier alpha value is -2.61. The maximum Gasteiger partial charge on any atom is 0.0561 e. The topological polar surface area (TPSA) is 24.4 Å². The van der Waals surface area contributed by atoms with Gasteiger partial charge in [0, 0.05) is 5.56 Å². The first-order valence-electron chi connectivity index (χ1n) is 6.73. The second-order valence-corrected chi connectivity index (χ2v) is 4.65. The SMILES string of the molecule is C1=CCC(c2ccccc2C=NNc2ccccc2)=C1. The van der Waals surface area contributed by atoms with Gasteiger partial charge >= 0.3 is 0 Å². The van der Waals surface area contributed by atoms with E-state index < -0.39 is 0 Å². The van der Waals surface area contributed by atoms with E-state index in [1.807, 2.05) is 42.6 Å². The third-order valence-corrected chi connectivity index (χ3v) is 3.25. The number of rotatable bonds is 4. The fourth-order valence-corrected chi connectivity index (χ4v) is 2.24. The highest BCUT2D eigenvalue weighted by molar-refractivity contribution is 5.89. The molecule has 3 rings (SSSR count). The minimum Gasteiger partial charge on any atom is -0.279 e. The first-order chi connectivity index (χ1) is 9.93. The summed E-state index contributed by atoms with van der Waals surface area (Å²) in [5.41, 5.74) is 7.75. The number of hydrogen-bond acceptors (Lipinski definition) is 2. The number of nitrogens with one attached hydrogen (secondary N) is 1. The largest absolute Gasteiger partial charge is 0.279 e. The smallest absolute Gasteiger partial charge is 0.0561 e. The number of allylic oxidation sites excluding steroid dienone is 4. The molecule has 0 spiro atoms. The molecular formula is C18H16N2. The van der Waals surface area contributed by atoms with Crippen molar-refractivity contribution in [2.75, 3.05) is 5.43 Å². The Morgan fingerprint density at radius 2 is 1.75 bits per heavy atom. The summed E-state index contributed by atoms with van der Waals surface area (Å²) in [7, 11) is 0. The molecule has 0 unspecified atom stereocenters. The van der Waals surface area contributed by atoms with Gasteiger partial charge in [0.15, 0.2) is 0 Å². The molecule has 0 saturated carbocycles. The Labute approximate surface area is 119 Å². The molecule has 2 aromatic carbocycles. The van der Waals surface area contributed by atoms with Crippen LogP contribution in [0.15, 0.2) is 77.9 Å². The Bertz CT molecular complexity index is 667. The van der Waals surface area contributed by atoms with Crippen LogP contribution in [0.2, 0.25) is 0 Å². The average molecular weight is 260 g/mol. The number of anilines is 1. The van der Waals surface area contributed by atoms with Crippen LogP contribution in [0.5, 0.6) is 0 Å². The van der Waals surface area contributed by atoms with Crippen molar-refractivity contribution in [2.24, 2.45) is 5.10 Å². The molecule has 0 saturated heterocycles. The molecule has 0 radical (unpaired) electrons. The minimum absolute atomic E-state index is 0.989. The summed E-state index contributed by atoms with van der Waals surface area (Å²) < 4.78 is 0. The Kier molecular flexibility index (Phi) is 3.74. The highest BCUT2D eigenvalue weighted by Gasteiger charge is 2.06. The molecule has 1 aliphatic rings. The quantitative estimate of drug-likeness (QED) is 0.636. The fraction of sp³-hybridized carbons (Fsp3) is 0.0556. The van der Waals surface area contributed by atoms with Gasteiger partial charge in [-0.05, 0) is 29.7 Å². The zero-order valence-electron chi connectivity index (χ0n) is 11.2. The van der Waals surface area contributed by atoms with Gasteiger partial charge < -0.3 is 0 Å². The van der Waals surface area contributed by atoms with E-state index in [1.54, 1.807) is 0 Å². The molecule has 98 valence electrons. The minimum atomic E-state index is 0.989. The van der Waals surface area contributed by atoms with Crippen LogP contribution in [0.3, 0.4) is 0 Å². The van der Waals surface area contributed by atoms with Crippen molar-refractivity contribution >= 4 is 17.5 Å². The number of hydrogen-bond donors (Lipinski definition) is 1. The van der Waals surface area contributed by atoms with Gasteiger partial charge in [0.25, 0.3) is 0 Å². The van der Waals surface area contributed by atoms with Gasteiger partial charge in [0.05, 0.1) is 11.9 Å².